The number of aryl methyl sites for hydroxylation is 1. The van der Waals surface area contributed by atoms with Gasteiger partial charge >= 0.3 is 0 Å². The SMILES string of the molecule is O=c1c2ccccc2nc2n1CCc1c-2[nH]c2cc(O[C@@H]3O[C@H](CO)[C@@H](O)[C@H](O)[C@H]3O)ccc12. The van der Waals surface area contributed by atoms with Crippen molar-refractivity contribution in [3.63, 3.8) is 0 Å². The smallest absolute Gasteiger partial charge is 0.261 e. The molecular formula is C24H23N3O7. The highest BCUT2D eigenvalue weighted by molar-refractivity contribution is 5.92. The monoisotopic (exact) mass is 465 g/mol. The Labute approximate surface area is 192 Å². The van der Waals surface area contributed by atoms with Gasteiger partial charge in [0.05, 0.1) is 23.2 Å². The fourth-order valence-corrected chi connectivity index (χ4v) is 4.85. The lowest BCUT2D eigenvalue weighted by Crippen LogP contribution is -2.60. The maximum absolute atomic E-state index is 13.0. The summed E-state index contributed by atoms with van der Waals surface area (Å²) in [5.41, 5.74) is 3.14. The van der Waals surface area contributed by atoms with E-state index in [0.717, 1.165) is 22.2 Å². The van der Waals surface area contributed by atoms with Crippen molar-refractivity contribution in [2.45, 2.75) is 43.7 Å². The highest BCUT2D eigenvalue weighted by Crippen LogP contribution is 2.35. The Balaban J connectivity index is 1.38. The van der Waals surface area contributed by atoms with Crippen LogP contribution < -0.4 is 10.3 Å². The Hall–Kier alpha value is -3.28. The van der Waals surface area contributed by atoms with E-state index in [1.165, 1.54) is 0 Å². The van der Waals surface area contributed by atoms with E-state index in [2.05, 4.69) is 4.98 Å². The molecule has 0 spiro atoms. The van der Waals surface area contributed by atoms with E-state index in [4.69, 9.17) is 14.5 Å². The molecule has 2 aliphatic heterocycles. The first-order valence-corrected chi connectivity index (χ1v) is 11.1. The van der Waals surface area contributed by atoms with E-state index in [0.29, 0.717) is 35.4 Å². The van der Waals surface area contributed by atoms with E-state index < -0.39 is 37.3 Å². The molecular weight excluding hydrogens is 442 g/mol. The average molecular weight is 465 g/mol. The standard InChI is InChI=1S/C24H23N3O7/c28-10-17-19(29)20(30)21(31)24(34-17)33-11-5-6-12-13-7-8-27-22(18(13)25-16(12)9-11)26-15-4-2-1-3-14(15)23(27)32/h1-6,9,17,19-21,24-25,28-31H,7-8,10H2/t17-,19-,20+,21-,24-/m1/s1. The van der Waals surface area contributed by atoms with Crippen LogP contribution in [0.1, 0.15) is 5.56 Å². The van der Waals surface area contributed by atoms with Crippen LogP contribution in [0.2, 0.25) is 0 Å². The number of para-hydroxylation sites is 1. The topological polar surface area (TPSA) is 150 Å². The third-order valence-electron chi connectivity index (χ3n) is 6.65. The minimum Gasteiger partial charge on any atom is -0.462 e. The van der Waals surface area contributed by atoms with Crippen LogP contribution in [-0.2, 0) is 17.7 Å². The molecule has 0 saturated carbocycles. The molecule has 5 N–H and O–H groups in total. The largest absolute Gasteiger partial charge is 0.462 e. The Kier molecular flexibility index (Phi) is 4.94. The second-order valence-electron chi connectivity index (χ2n) is 8.66. The van der Waals surface area contributed by atoms with E-state index in [-0.39, 0.29) is 5.56 Å². The summed E-state index contributed by atoms with van der Waals surface area (Å²) in [6.45, 7) is -0.0112. The van der Waals surface area contributed by atoms with Gasteiger partial charge in [-0.25, -0.2) is 4.98 Å². The summed E-state index contributed by atoms with van der Waals surface area (Å²) in [5, 5.41) is 41.2. The summed E-state index contributed by atoms with van der Waals surface area (Å²) in [4.78, 5) is 21.1. The van der Waals surface area contributed by atoms with Crippen LogP contribution in [0.25, 0.3) is 33.3 Å². The van der Waals surface area contributed by atoms with Crippen LogP contribution in [0.15, 0.2) is 47.3 Å². The Morgan fingerprint density at radius 3 is 2.74 bits per heavy atom. The molecule has 4 aromatic rings. The van der Waals surface area contributed by atoms with Crippen LogP contribution in [0.5, 0.6) is 5.75 Å². The maximum atomic E-state index is 13.0. The minimum absolute atomic E-state index is 0.0726. The van der Waals surface area contributed by atoms with E-state index >= 15 is 0 Å². The summed E-state index contributed by atoms with van der Waals surface area (Å²) < 4.78 is 12.9. The van der Waals surface area contributed by atoms with Gasteiger partial charge in [-0.2, -0.15) is 0 Å². The molecule has 6 rings (SSSR count). The van der Waals surface area contributed by atoms with E-state index in [1.807, 2.05) is 24.3 Å². The fraction of sp³-hybridized carbons (Fsp3) is 0.333. The lowest BCUT2D eigenvalue weighted by Gasteiger charge is -2.39. The quantitative estimate of drug-likeness (QED) is 0.290. The molecule has 0 aliphatic carbocycles. The molecule has 0 unspecified atom stereocenters. The number of aromatic amines is 1. The zero-order chi connectivity index (χ0) is 23.6. The second kappa shape index (κ2) is 7.90. The third kappa shape index (κ3) is 3.15. The lowest BCUT2D eigenvalue weighted by molar-refractivity contribution is -0.277. The van der Waals surface area contributed by atoms with Gasteiger partial charge in [-0.15, -0.1) is 0 Å². The number of aliphatic hydroxyl groups excluding tert-OH is 4. The Morgan fingerprint density at radius 2 is 1.91 bits per heavy atom. The molecule has 5 atom stereocenters. The van der Waals surface area contributed by atoms with Gasteiger partial charge in [0.15, 0.2) is 5.82 Å². The number of benzene rings is 2. The number of hydrogen-bond acceptors (Lipinski definition) is 8. The van der Waals surface area contributed by atoms with Gasteiger partial charge in [0.2, 0.25) is 6.29 Å². The molecule has 2 aromatic heterocycles. The molecule has 0 bridgehead atoms. The number of aliphatic hydroxyl groups is 4. The number of nitrogens with one attached hydrogen (secondary N) is 1. The molecule has 2 aliphatic rings. The maximum Gasteiger partial charge on any atom is 0.261 e. The fourth-order valence-electron chi connectivity index (χ4n) is 4.85. The van der Waals surface area contributed by atoms with Crippen LogP contribution >= 0.6 is 0 Å². The van der Waals surface area contributed by atoms with Gasteiger partial charge in [0.1, 0.15) is 30.2 Å². The van der Waals surface area contributed by atoms with Crippen molar-refractivity contribution in [2.24, 2.45) is 0 Å². The highest BCUT2D eigenvalue weighted by atomic mass is 16.7. The first kappa shape index (κ1) is 21.3. The Morgan fingerprint density at radius 1 is 1.09 bits per heavy atom. The zero-order valence-electron chi connectivity index (χ0n) is 18.0. The lowest BCUT2D eigenvalue weighted by atomic mass is 9.99. The summed E-state index contributed by atoms with van der Waals surface area (Å²) in [7, 11) is 0. The molecule has 4 heterocycles. The van der Waals surface area contributed by atoms with Crippen LogP contribution in [0.3, 0.4) is 0 Å². The number of nitrogens with zero attached hydrogens (tertiary/aromatic N) is 2. The zero-order valence-corrected chi connectivity index (χ0v) is 18.0. The van der Waals surface area contributed by atoms with Crippen LogP contribution in [0.4, 0.5) is 0 Å². The minimum atomic E-state index is -1.52. The van der Waals surface area contributed by atoms with Crippen molar-refractivity contribution < 1.29 is 29.9 Å². The van der Waals surface area contributed by atoms with E-state index in [9.17, 15) is 25.2 Å². The molecule has 1 saturated heterocycles. The van der Waals surface area contributed by atoms with Crippen LogP contribution in [0, 0.1) is 0 Å². The molecule has 34 heavy (non-hydrogen) atoms. The van der Waals surface area contributed by atoms with Gasteiger partial charge in [-0.05, 0) is 36.2 Å². The summed E-state index contributed by atoms with van der Waals surface area (Å²) in [6, 6.07) is 12.6. The van der Waals surface area contributed by atoms with Gasteiger partial charge in [0, 0.05) is 23.5 Å². The van der Waals surface area contributed by atoms with Crippen molar-refractivity contribution >= 4 is 21.8 Å². The predicted molar refractivity (Wildman–Crippen MR) is 121 cm³/mol. The number of aromatic nitrogens is 3. The Bertz CT molecular complexity index is 1460. The molecule has 0 radical (unpaired) electrons. The first-order chi connectivity index (χ1) is 16.5. The highest BCUT2D eigenvalue weighted by Gasteiger charge is 2.44. The first-order valence-electron chi connectivity index (χ1n) is 11.1. The third-order valence-corrected chi connectivity index (χ3v) is 6.65. The van der Waals surface area contributed by atoms with E-state index in [1.54, 1.807) is 22.8 Å². The van der Waals surface area contributed by atoms with Crippen molar-refractivity contribution in [2.75, 3.05) is 6.61 Å². The summed E-state index contributed by atoms with van der Waals surface area (Å²) in [6.07, 6.45) is -6.14. The predicted octanol–water partition coefficient (Wildman–Crippen LogP) is 0.280. The van der Waals surface area contributed by atoms with Gasteiger partial charge < -0.3 is 34.9 Å². The van der Waals surface area contributed by atoms with Crippen molar-refractivity contribution in [1.29, 1.82) is 0 Å². The summed E-state index contributed by atoms with van der Waals surface area (Å²) >= 11 is 0. The molecule has 2 aromatic carbocycles. The number of hydrogen-bond donors (Lipinski definition) is 5. The average Bonchev–Trinajstić information content (AvgIpc) is 3.23. The van der Waals surface area contributed by atoms with Crippen molar-refractivity contribution in [3.8, 4) is 17.3 Å². The number of ether oxygens (including phenoxy) is 2. The van der Waals surface area contributed by atoms with Gasteiger partial charge in [-0.1, -0.05) is 12.1 Å². The second-order valence-corrected chi connectivity index (χ2v) is 8.66. The number of rotatable bonds is 3. The van der Waals surface area contributed by atoms with Gasteiger partial charge in [-0.3, -0.25) is 9.36 Å². The van der Waals surface area contributed by atoms with Crippen molar-refractivity contribution in [3.05, 3.63) is 58.4 Å². The molecule has 0 amide bonds. The molecule has 10 heteroatoms. The molecule has 176 valence electrons. The number of H-pyrrole nitrogens is 1. The number of fused-ring (bicyclic) bond motifs is 6. The van der Waals surface area contributed by atoms with Gasteiger partial charge in [0.25, 0.3) is 5.56 Å². The molecule has 10 nitrogen and oxygen atoms in total. The summed E-state index contributed by atoms with van der Waals surface area (Å²) in [5.74, 6) is 0.942. The van der Waals surface area contributed by atoms with Crippen LogP contribution in [-0.4, -0.2) is 72.3 Å². The normalized spacial score (nSPS) is 26.4. The molecule has 1 fully saturated rings. The van der Waals surface area contributed by atoms with Crippen molar-refractivity contribution in [1.82, 2.24) is 14.5 Å².